The highest BCUT2D eigenvalue weighted by atomic mass is 32.9. The van der Waals surface area contributed by atoms with E-state index in [9.17, 15) is 4.79 Å². The molecule has 0 saturated carbocycles. The van der Waals surface area contributed by atoms with Crippen molar-refractivity contribution in [2.24, 2.45) is 5.16 Å². The molecule has 0 unspecified atom stereocenters. The first-order valence-corrected chi connectivity index (χ1v) is 12.3. The van der Waals surface area contributed by atoms with Crippen molar-refractivity contribution in [3.8, 4) is 0 Å². The van der Waals surface area contributed by atoms with Crippen LogP contribution in [0.5, 0.6) is 0 Å². The van der Waals surface area contributed by atoms with Gasteiger partial charge < -0.3 is 23.9 Å². The molecule has 0 spiro atoms. The highest BCUT2D eigenvalue weighted by molar-refractivity contribution is 8.68. The normalized spacial score (nSPS) is 12.1. The molecule has 7 nitrogen and oxygen atoms in total. The van der Waals surface area contributed by atoms with E-state index in [0.717, 1.165) is 25.7 Å². The van der Waals surface area contributed by atoms with Gasteiger partial charge in [0.1, 0.15) is 7.11 Å². The van der Waals surface area contributed by atoms with Crippen LogP contribution in [0.15, 0.2) is 5.16 Å². The molecule has 0 aromatic heterocycles. The van der Waals surface area contributed by atoms with Crippen molar-refractivity contribution in [1.82, 2.24) is 5.32 Å². The molecule has 10 heteroatoms. The topological polar surface area (TPSA) is 78.4 Å². The quantitative estimate of drug-likeness (QED) is 0.162. The van der Waals surface area contributed by atoms with Crippen molar-refractivity contribution in [1.29, 1.82) is 0 Å². The fourth-order valence-corrected chi connectivity index (χ4v) is 5.38. The van der Waals surface area contributed by atoms with Crippen LogP contribution in [0.1, 0.15) is 46.5 Å². The molecule has 0 saturated heterocycles. The second-order valence-corrected chi connectivity index (χ2v) is 11.0. The van der Waals surface area contributed by atoms with E-state index in [0.29, 0.717) is 19.8 Å². The van der Waals surface area contributed by atoms with Gasteiger partial charge in [-0.05, 0) is 31.1 Å². The van der Waals surface area contributed by atoms with Gasteiger partial charge in [-0.25, -0.2) is 4.79 Å². The number of nitrogens with zero attached hydrogens (tertiary/aromatic N) is 1. The van der Waals surface area contributed by atoms with E-state index in [1.165, 1.54) is 18.5 Å². The number of alkyl carbamates (subject to hydrolysis) is 1. The Labute approximate surface area is 154 Å². The molecule has 0 atom stereocenters. The lowest BCUT2D eigenvalue weighted by molar-refractivity contribution is 0.179. The molecule has 0 fully saturated rings. The minimum atomic E-state index is -2.50. The summed E-state index contributed by atoms with van der Waals surface area (Å²) in [4.78, 5) is 16.4. The van der Waals surface area contributed by atoms with Gasteiger partial charge in [0.15, 0.2) is 0 Å². The monoisotopic (exact) mass is 400 g/mol. The Morgan fingerprint density at radius 3 is 2.29 bits per heavy atom. The molecule has 0 aliphatic rings. The van der Waals surface area contributed by atoms with Crippen molar-refractivity contribution >= 4 is 40.9 Å². The zero-order valence-corrected chi connectivity index (χ0v) is 17.4. The number of ether oxygens (including phenoxy) is 1. The third-order valence-electron chi connectivity index (χ3n) is 2.46. The number of hydrogen-bond donors (Lipinski definition) is 1. The molecule has 1 N–H and O–H groups in total. The summed E-state index contributed by atoms with van der Waals surface area (Å²) in [5, 5.41) is 6.38. The van der Waals surface area contributed by atoms with Crippen molar-refractivity contribution in [2.75, 3.05) is 32.6 Å². The Bertz CT molecular complexity index is 412. The van der Waals surface area contributed by atoms with Gasteiger partial charge in [-0.1, -0.05) is 43.7 Å². The largest absolute Gasteiger partial charge is 0.413 e. The maximum Gasteiger partial charge on any atom is 0.413 e. The summed E-state index contributed by atoms with van der Waals surface area (Å²) < 4.78 is 16.6. The van der Waals surface area contributed by atoms with Gasteiger partial charge in [0.2, 0.25) is 11.6 Å². The van der Waals surface area contributed by atoms with E-state index in [1.807, 2.05) is 20.8 Å². The minimum absolute atomic E-state index is 0.130. The highest BCUT2D eigenvalue weighted by Crippen LogP contribution is 2.61. The van der Waals surface area contributed by atoms with Crippen LogP contribution >= 0.6 is 17.1 Å². The molecule has 0 bridgehead atoms. The Balaban J connectivity index is 4.58. The first kappa shape index (κ1) is 23.7. The van der Waals surface area contributed by atoms with Crippen molar-refractivity contribution < 1.29 is 23.4 Å². The zero-order chi connectivity index (χ0) is 18.3. The minimum Gasteiger partial charge on any atom is -0.396 e. The number of amides is 1. The third kappa shape index (κ3) is 12.1. The zero-order valence-electron chi connectivity index (χ0n) is 14.9. The number of nitrogens with one attached hydrogen (secondary N) is 1. The molecule has 0 aliphatic carbocycles. The summed E-state index contributed by atoms with van der Waals surface area (Å²) in [6.45, 7) is 7.67. The summed E-state index contributed by atoms with van der Waals surface area (Å²) in [6, 6.07) is 0. The fourth-order valence-electron chi connectivity index (χ4n) is 1.34. The maximum atomic E-state index is 11.7. The van der Waals surface area contributed by atoms with Gasteiger partial charge in [-0.2, -0.15) is 0 Å². The number of carbonyl (C=O) groups is 1. The summed E-state index contributed by atoms with van der Waals surface area (Å²) in [5.41, 5.74) is -2.50. The van der Waals surface area contributed by atoms with Crippen molar-refractivity contribution in [3.05, 3.63) is 0 Å². The van der Waals surface area contributed by atoms with E-state index >= 15 is 0 Å². The molecule has 0 aromatic carbocycles. The van der Waals surface area contributed by atoms with E-state index in [4.69, 9.17) is 30.4 Å². The number of unbranched alkanes of at least 4 members (excludes halogenated alkanes) is 1. The van der Waals surface area contributed by atoms with Crippen LogP contribution in [0.25, 0.3) is 0 Å². The lowest BCUT2D eigenvalue weighted by Crippen LogP contribution is -2.28. The van der Waals surface area contributed by atoms with Gasteiger partial charge in [-0.3, -0.25) is 0 Å². The van der Waals surface area contributed by atoms with Crippen LogP contribution in [-0.2, 0) is 30.4 Å². The molecule has 24 heavy (non-hydrogen) atoms. The molecule has 0 aliphatic heterocycles. The summed E-state index contributed by atoms with van der Waals surface area (Å²) in [5.74, 6) is 0.366. The molecule has 142 valence electrons. The predicted octanol–water partition coefficient (Wildman–Crippen LogP) is 4.28. The second kappa shape index (κ2) is 15.0. The molecular formula is C14H29N2O5PS2. The van der Waals surface area contributed by atoms with Crippen LogP contribution < -0.4 is 5.32 Å². The summed E-state index contributed by atoms with van der Waals surface area (Å²) in [6.07, 6.45) is 3.02. The van der Waals surface area contributed by atoms with E-state index in [2.05, 4.69) is 10.5 Å². The van der Waals surface area contributed by atoms with Crippen LogP contribution in [0.4, 0.5) is 4.79 Å². The Morgan fingerprint density at radius 2 is 1.79 bits per heavy atom. The Hall–Kier alpha value is -0.340. The molecular weight excluding hydrogens is 371 g/mol. The Kier molecular flexibility index (Phi) is 14.7. The smallest absolute Gasteiger partial charge is 0.396 e. The molecule has 0 rings (SSSR count). The van der Waals surface area contributed by atoms with E-state index in [1.54, 1.807) is 0 Å². The van der Waals surface area contributed by atoms with Gasteiger partial charge in [0, 0.05) is 6.54 Å². The van der Waals surface area contributed by atoms with Crippen LogP contribution in [0.2, 0.25) is 0 Å². The first-order chi connectivity index (χ1) is 11.5. The molecule has 0 aromatic rings. The Morgan fingerprint density at radius 1 is 1.17 bits per heavy atom. The number of oxime groups is 1. The lowest BCUT2D eigenvalue weighted by atomic mass is 10.3. The van der Waals surface area contributed by atoms with Crippen molar-refractivity contribution in [3.63, 3.8) is 0 Å². The van der Waals surface area contributed by atoms with E-state index < -0.39 is 11.8 Å². The average Bonchev–Trinajstić information content (AvgIpc) is 2.57. The SMILES string of the molecule is CCCCNC(=O)OC(CSP(=S)(OCCC)OCCC)=NOC. The second-order valence-electron chi connectivity index (χ2n) is 4.72. The van der Waals surface area contributed by atoms with Gasteiger partial charge >= 0.3 is 6.09 Å². The highest BCUT2D eigenvalue weighted by Gasteiger charge is 2.22. The van der Waals surface area contributed by atoms with Gasteiger partial charge in [0.25, 0.3) is 0 Å². The number of carbonyl (C=O) groups excluding carboxylic acids is 1. The lowest BCUT2D eigenvalue weighted by Gasteiger charge is -2.21. The molecule has 1 amide bonds. The maximum absolute atomic E-state index is 11.7. The first-order valence-electron chi connectivity index (χ1n) is 8.10. The molecule has 0 radical (unpaired) electrons. The number of hydrogen-bond acceptors (Lipinski definition) is 8. The average molecular weight is 401 g/mol. The van der Waals surface area contributed by atoms with Gasteiger partial charge in [-0.15, -0.1) is 0 Å². The summed E-state index contributed by atoms with van der Waals surface area (Å²) in [7, 11) is 1.39. The van der Waals surface area contributed by atoms with Crippen LogP contribution in [0.3, 0.4) is 0 Å². The van der Waals surface area contributed by atoms with E-state index in [-0.39, 0.29) is 11.7 Å². The van der Waals surface area contributed by atoms with Crippen LogP contribution in [-0.4, -0.2) is 44.6 Å². The molecule has 0 heterocycles. The van der Waals surface area contributed by atoms with Gasteiger partial charge in [0.05, 0.1) is 19.0 Å². The summed E-state index contributed by atoms with van der Waals surface area (Å²) >= 11 is 6.80. The standard InChI is InChI=1S/C14H29N2O5PS2/c1-5-8-9-15-14(17)21-13(16-18-4)12-24-22(23,19-10-6-2)20-11-7-3/h5-12H2,1-4H3,(H,15,17). The predicted molar refractivity (Wildman–Crippen MR) is 103 cm³/mol. The van der Waals surface area contributed by atoms with Crippen LogP contribution in [0, 0.1) is 0 Å². The van der Waals surface area contributed by atoms with Crippen molar-refractivity contribution in [2.45, 2.75) is 46.5 Å². The number of rotatable bonds is 13. The third-order valence-corrected chi connectivity index (χ3v) is 7.70. The fraction of sp³-hybridized carbons (Fsp3) is 0.857.